The molecule has 2 heteroatoms. The molecule has 0 fully saturated rings. The largest absolute Gasteiger partial charge is 0.371 e. The van der Waals surface area contributed by atoms with E-state index in [9.17, 15) is 4.79 Å². The zero-order chi connectivity index (χ0) is 13.7. The number of hydrogen-bond acceptors (Lipinski definition) is 2. The van der Waals surface area contributed by atoms with Crippen LogP contribution in [0.25, 0.3) is 0 Å². The van der Waals surface area contributed by atoms with Gasteiger partial charge in [-0.15, -0.1) is 6.58 Å². The van der Waals surface area contributed by atoms with Crippen LogP contribution in [0.3, 0.4) is 0 Å². The first-order chi connectivity index (χ1) is 9.22. The summed E-state index contributed by atoms with van der Waals surface area (Å²) < 4.78 is 0. The lowest BCUT2D eigenvalue weighted by molar-refractivity contribution is 0.103. The Balaban J connectivity index is 2.19. The number of likely N-dealkylation sites (N-methyl/N-ethyl adjacent to an activating group) is 1. The highest BCUT2D eigenvalue weighted by molar-refractivity contribution is 6.09. The average Bonchev–Trinajstić information content (AvgIpc) is 2.48. The van der Waals surface area contributed by atoms with Crippen LogP contribution in [0.5, 0.6) is 0 Å². The molecular formula is C17H17NO. The van der Waals surface area contributed by atoms with Gasteiger partial charge in [0.05, 0.1) is 0 Å². The minimum absolute atomic E-state index is 0.0542. The molecule has 19 heavy (non-hydrogen) atoms. The molecule has 0 aliphatic carbocycles. The van der Waals surface area contributed by atoms with Gasteiger partial charge < -0.3 is 4.90 Å². The number of hydrogen-bond donors (Lipinski definition) is 0. The molecule has 2 aromatic rings. The molecule has 0 aromatic heterocycles. The molecule has 2 aromatic carbocycles. The summed E-state index contributed by atoms with van der Waals surface area (Å²) in [6.45, 7) is 4.50. The van der Waals surface area contributed by atoms with Crippen molar-refractivity contribution in [3.05, 3.63) is 78.4 Å². The summed E-state index contributed by atoms with van der Waals surface area (Å²) in [5.74, 6) is 0.0542. The van der Waals surface area contributed by atoms with Crippen molar-refractivity contribution in [2.75, 3.05) is 18.5 Å². The van der Waals surface area contributed by atoms with Crippen molar-refractivity contribution in [3.8, 4) is 0 Å². The number of anilines is 1. The van der Waals surface area contributed by atoms with Crippen LogP contribution >= 0.6 is 0 Å². The molecule has 0 aliphatic rings. The highest BCUT2D eigenvalue weighted by atomic mass is 16.1. The van der Waals surface area contributed by atoms with Crippen LogP contribution in [-0.4, -0.2) is 19.4 Å². The fraction of sp³-hybridized carbons (Fsp3) is 0.118. The summed E-state index contributed by atoms with van der Waals surface area (Å²) in [5.41, 5.74) is 2.50. The van der Waals surface area contributed by atoms with Crippen molar-refractivity contribution in [1.82, 2.24) is 0 Å². The number of rotatable bonds is 5. The second-order valence-electron chi connectivity index (χ2n) is 4.41. The van der Waals surface area contributed by atoms with Crippen LogP contribution in [0, 0.1) is 0 Å². The number of ketones is 1. The van der Waals surface area contributed by atoms with Gasteiger partial charge in [0.25, 0.3) is 0 Å². The van der Waals surface area contributed by atoms with Gasteiger partial charge in [0, 0.05) is 30.4 Å². The first kappa shape index (κ1) is 13.1. The fourth-order valence-corrected chi connectivity index (χ4v) is 1.92. The van der Waals surface area contributed by atoms with E-state index in [2.05, 4.69) is 11.5 Å². The van der Waals surface area contributed by atoms with E-state index in [1.54, 1.807) is 0 Å². The van der Waals surface area contributed by atoms with Gasteiger partial charge in [0.1, 0.15) is 0 Å². The van der Waals surface area contributed by atoms with Gasteiger partial charge in [-0.25, -0.2) is 0 Å². The summed E-state index contributed by atoms with van der Waals surface area (Å²) in [6, 6.07) is 17.0. The fourth-order valence-electron chi connectivity index (χ4n) is 1.92. The Kier molecular flexibility index (Phi) is 4.14. The van der Waals surface area contributed by atoms with Gasteiger partial charge in [-0.1, -0.05) is 36.4 Å². The lowest BCUT2D eigenvalue weighted by atomic mass is 10.0. The summed E-state index contributed by atoms with van der Waals surface area (Å²) >= 11 is 0. The van der Waals surface area contributed by atoms with Crippen LogP contribution < -0.4 is 4.90 Å². The first-order valence-electron chi connectivity index (χ1n) is 6.24. The molecule has 0 spiro atoms. The van der Waals surface area contributed by atoms with Crippen molar-refractivity contribution in [3.63, 3.8) is 0 Å². The summed E-state index contributed by atoms with van der Waals surface area (Å²) in [6.07, 6.45) is 1.85. The highest BCUT2D eigenvalue weighted by Crippen LogP contribution is 2.16. The molecule has 96 valence electrons. The zero-order valence-electron chi connectivity index (χ0n) is 11.0. The molecule has 0 heterocycles. The van der Waals surface area contributed by atoms with E-state index in [0.717, 1.165) is 17.8 Å². The van der Waals surface area contributed by atoms with Crippen molar-refractivity contribution < 1.29 is 4.79 Å². The van der Waals surface area contributed by atoms with E-state index in [1.165, 1.54) is 0 Å². The predicted molar refractivity (Wildman–Crippen MR) is 79.8 cm³/mol. The number of carbonyl (C=O) groups is 1. The van der Waals surface area contributed by atoms with E-state index in [-0.39, 0.29) is 5.78 Å². The lowest BCUT2D eigenvalue weighted by Crippen LogP contribution is -2.16. The van der Waals surface area contributed by atoms with Crippen LogP contribution in [0.1, 0.15) is 15.9 Å². The van der Waals surface area contributed by atoms with E-state index in [4.69, 9.17) is 0 Å². The maximum atomic E-state index is 12.2. The minimum atomic E-state index is 0.0542. The number of carbonyl (C=O) groups excluding carboxylic acids is 1. The van der Waals surface area contributed by atoms with Crippen LogP contribution in [-0.2, 0) is 0 Å². The molecule has 0 amide bonds. The van der Waals surface area contributed by atoms with E-state index < -0.39 is 0 Å². The Morgan fingerprint density at radius 3 is 2.21 bits per heavy atom. The third-order valence-corrected chi connectivity index (χ3v) is 3.01. The van der Waals surface area contributed by atoms with Gasteiger partial charge in [-0.2, -0.15) is 0 Å². The molecule has 0 unspecified atom stereocenters. The lowest BCUT2D eigenvalue weighted by Gasteiger charge is -2.17. The van der Waals surface area contributed by atoms with Gasteiger partial charge in [-0.3, -0.25) is 4.79 Å². The molecular weight excluding hydrogens is 234 g/mol. The van der Waals surface area contributed by atoms with E-state index >= 15 is 0 Å². The molecule has 0 saturated heterocycles. The molecule has 0 atom stereocenters. The standard InChI is InChI=1S/C17H17NO/c1-3-13-18(2)16-11-9-15(10-12-16)17(19)14-7-5-4-6-8-14/h3-12H,1,13H2,2H3. The zero-order valence-corrected chi connectivity index (χ0v) is 11.0. The quantitative estimate of drug-likeness (QED) is 0.598. The smallest absolute Gasteiger partial charge is 0.193 e. The Labute approximate surface area is 114 Å². The Hall–Kier alpha value is -2.35. The predicted octanol–water partition coefficient (Wildman–Crippen LogP) is 3.54. The van der Waals surface area contributed by atoms with Crippen LogP contribution in [0.4, 0.5) is 5.69 Å². The molecule has 0 saturated carbocycles. The second kappa shape index (κ2) is 6.01. The molecule has 0 bridgehead atoms. The van der Waals surface area contributed by atoms with Crippen molar-refractivity contribution in [2.24, 2.45) is 0 Å². The van der Waals surface area contributed by atoms with Gasteiger partial charge >= 0.3 is 0 Å². The Bertz CT molecular complexity index is 558. The number of nitrogens with zero attached hydrogens (tertiary/aromatic N) is 1. The maximum absolute atomic E-state index is 12.2. The van der Waals surface area contributed by atoms with Gasteiger partial charge in [0.15, 0.2) is 5.78 Å². The Morgan fingerprint density at radius 1 is 1.05 bits per heavy atom. The third kappa shape index (κ3) is 3.10. The second-order valence-corrected chi connectivity index (χ2v) is 4.41. The highest BCUT2D eigenvalue weighted by Gasteiger charge is 2.08. The average molecular weight is 251 g/mol. The first-order valence-corrected chi connectivity index (χ1v) is 6.24. The SMILES string of the molecule is C=CCN(C)c1ccc(C(=O)c2ccccc2)cc1. The van der Waals surface area contributed by atoms with Crippen LogP contribution in [0.2, 0.25) is 0 Å². The molecule has 2 rings (SSSR count). The van der Waals surface area contributed by atoms with Crippen LogP contribution in [0.15, 0.2) is 67.3 Å². The van der Waals surface area contributed by atoms with E-state index in [0.29, 0.717) is 5.56 Å². The van der Waals surface area contributed by atoms with Crippen molar-refractivity contribution in [2.45, 2.75) is 0 Å². The molecule has 0 aliphatic heterocycles. The monoisotopic (exact) mass is 251 g/mol. The molecule has 0 N–H and O–H groups in total. The maximum Gasteiger partial charge on any atom is 0.193 e. The molecule has 0 radical (unpaired) electrons. The third-order valence-electron chi connectivity index (χ3n) is 3.01. The van der Waals surface area contributed by atoms with Gasteiger partial charge in [0.2, 0.25) is 0 Å². The normalized spacial score (nSPS) is 9.95. The van der Waals surface area contributed by atoms with Gasteiger partial charge in [-0.05, 0) is 24.3 Å². The van der Waals surface area contributed by atoms with E-state index in [1.807, 2.05) is 67.7 Å². The topological polar surface area (TPSA) is 20.3 Å². The molecule has 2 nitrogen and oxygen atoms in total. The van der Waals surface area contributed by atoms with Crippen molar-refractivity contribution >= 4 is 11.5 Å². The summed E-state index contributed by atoms with van der Waals surface area (Å²) in [7, 11) is 2.00. The Morgan fingerprint density at radius 2 is 1.63 bits per heavy atom. The minimum Gasteiger partial charge on any atom is -0.371 e. The summed E-state index contributed by atoms with van der Waals surface area (Å²) in [4.78, 5) is 14.3. The number of benzene rings is 2. The van der Waals surface area contributed by atoms with Crippen molar-refractivity contribution in [1.29, 1.82) is 0 Å². The summed E-state index contributed by atoms with van der Waals surface area (Å²) in [5, 5.41) is 0.